The SMILES string of the molecule is CN1C(=O)CNN(c2cc(Cl)c(C(C#N)c3ccc(Cl)cc3)c(Cl)c2)C1=O. The number of rotatable bonds is 3. The third kappa shape index (κ3) is 3.73. The van der Waals surface area contributed by atoms with Crippen LogP contribution in [0, 0.1) is 11.3 Å². The molecule has 6 nitrogen and oxygen atoms in total. The van der Waals surface area contributed by atoms with Crippen LogP contribution >= 0.6 is 34.8 Å². The Balaban J connectivity index is 2.00. The summed E-state index contributed by atoms with van der Waals surface area (Å²) in [4.78, 5) is 24.9. The Hall–Kier alpha value is -2.30. The minimum Gasteiger partial charge on any atom is -0.273 e. The first-order valence-electron chi connectivity index (χ1n) is 7.81. The van der Waals surface area contributed by atoms with Gasteiger partial charge >= 0.3 is 6.03 Å². The second kappa shape index (κ2) is 7.75. The number of likely N-dealkylation sites (N-methyl/N-ethyl adjacent to an activating group) is 1. The average Bonchev–Trinajstić information content (AvgIpc) is 2.63. The van der Waals surface area contributed by atoms with E-state index >= 15 is 0 Å². The standard InChI is InChI=1S/C18H13Cl3N4O2/c1-24-16(26)9-23-25(18(24)27)12-6-14(20)17(15(21)7-12)13(8-22)10-2-4-11(19)5-3-10/h2-7,13,23H,9H2,1H3. The third-order valence-electron chi connectivity index (χ3n) is 4.18. The lowest BCUT2D eigenvalue weighted by Crippen LogP contribution is -2.59. The van der Waals surface area contributed by atoms with E-state index < -0.39 is 11.9 Å². The Kier molecular flexibility index (Phi) is 5.59. The molecule has 1 N–H and O–H groups in total. The van der Waals surface area contributed by atoms with Gasteiger partial charge in [-0.25, -0.2) is 15.2 Å². The molecule has 2 aromatic rings. The smallest absolute Gasteiger partial charge is 0.273 e. The largest absolute Gasteiger partial charge is 0.345 e. The Morgan fingerprint density at radius 3 is 2.26 bits per heavy atom. The lowest BCUT2D eigenvalue weighted by molar-refractivity contribution is -0.127. The summed E-state index contributed by atoms with van der Waals surface area (Å²) in [6.07, 6.45) is 0. The molecule has 1 atom stereocenters. The molecule has 1 heterocycles. The second-order valence-electron chi connectivity index (χ2n) is 5.84. The van der Waals surface area contributed by atoms with Gasteiger partial charge in [-0.1, -0.05) is 46.9 Å². The van der Waals surface area contributed by atoms with E-state index in [1.54, 1.807) is 24.3 Å². The molecular weight excluding hydrogens is 411 g/mol. The molecule has 0 radical (unpaired) electrons. The van der Waals surface area contributed by atoms with Crippen molar-refractivity contribution in [1.82, 2.24) is 10.3 Å². The molecule has 1 saturated heterocycles. The van der Waals surface area contributed by atoms with Crippen LogP contribution in [-0.4, -0.2) is 30.4 Å². The van der Waals surface area contributed by atoms with Gasteiger partial charge in [-0.15, -0.1) is 0 Å². The summed E-state index contributed by atoms with van der Waals surface area (Å²) < 4.78 is 0. The van der Waals surface area contributed by atoms with Crippen LogP contribution in [0.15, 0.2) is 36.4 Å². The molecule has 0 saturated carbocycles. The first-order chi connectivity index (χ1) is 12.8. The quantitative estimate of drug-likeness (QED) is 0.802. The number of carbonyl (C=O) groups is 2. The highest BCUT2D eigenvalue weighted by Crippen LogP contribution is 2.39. The molecule has 1 unspecified atom stereocenters. The average molecular weight is 424 g/mol. The number of amides is 3. The Labute approximate surface area is 170 Å². The van der Waals surface area contributed by atoms with Gasteiger partial charge < -0.3 is 0 Å². The summed E-state index contributed by atoms with van der Waals surface area (Å²) in [7, 11) is 1.39. The number of nitrogens with one attached hydrogen (secondary N) is 1. The molecule has 27 heavy (non-hydrogen) atoms. The van der Waals surface area contributed by atoms with Gasteiger partial charge in [0.1, 0.15) is 0 Å². The normalized spacial score (nSPS) is 15.7. The molecule has 2 aromatic carbocycles. The maximum Gasteiger partial charge on any atom is 0.345 e. The maximum absolute atomic E-state index is 12.3. The second-order valence-corrected chi connectivity index (χ2v) is 7.09. The topological polar surface area (TPSA) is 76.4 Å². The van der Waals surface area contributed by atoms with Crippen LogP contribution in [0.2, 0.25) is 15.1 Å². The Bertz CT molecular complexity index is 933. The molecule has 3 amide bonds. The van der Waals surface area contributed by atoms with Crippen LogP contribution in [0.1, 0.15) is 17.0 Å². The molecule has 138 valence electrons. The van der Waals surface area contributed by atoms with Crippen LogP contribution in [0.25, 0.3) is 0 Å². The van der Waals surface area contributed by atoms with Crippen LogP contribution in [0.5, 0.6) is 0 Å². The summed E-state index contributed by atoms with van der Waals surface area (Å²) >= 11 is 18.7. The first-order valence-corrected chi connectivity index (χ1v) is 8.95. The molecule has 1 aliphatic heterocycles. The van der Waals surface area contributed by atoms with E-state index in [-0.39, 0.29) is 22.5 Å². The highest BCUT2D eigenvalue weighted by Gasteiger charge is 2.31. The van der Waals surface area contributed by atoms with E-state index in [1.807, 2.05) is 0 Å². The number of nitrogens with zero attached hydrogens (tertiary/aromatic N) is 3. The van der Waals surface area contributed by atoms with Crippen molar-refractivity contribution in [3.63, 3.8) is 0 Å². The number of nitriles is 1. The number of hydrazine groups is 1. The van der Waals surface area contributed by atoms with Crippen molar-refractivity contribution < 1.29 is 9.59 Å². The van der Waals surface area contributed by atoms with E-state index in [4.69, 9.17) is 34.8 Å². The molecule has 0 aliphatic carbocycles. The summed E-state index contributed by atoms with van der Waals surface area (Å²) in [6, 6.07) is 11.5. The molecule has 1 fully saturated rings. The van der Waals surface area contributed by atoms with Gasteiger partial charge in [0.15, 0.2) is 0 Å². The van der Waals surface area contributed by atoms with Gasteiger partial charge in [-0.2, -0.15) is 5.26 Å². The van der Waals surface area contributed by atoms with E-state index in [0.29, 0.717) is 21.8 Å². The number of anilines is 1. The van der Waals surface area contributed by atoms with Crippen molar-refractivity contribution >= 4 is 52.4 Å². The van der Waals surface area contributed by atoms with Crippen LogP contribution in [0.4, 0.5) is 10.5 Å². The third-order valence-corrected chi connectivity index (χ3v) is 5.06. The van der Waals surface area contributed by atoms with Crippen molar-refractivity contribution in [2.24, 2.45) is 0 Å². The van der Waals surface area contributed by atoms with Crippen molar-refractivity contribution in [3.8, 4) is 6.07 Å². The number of hydrogen-bond donors (Lipinski definition) is 1. The highest BCUT2D eigenvalue weighted by atomic mass is 35.5. The number of halogens is 3. The summed E-state index contributed by atoms with van der Waals surface area (Å²) in [5.41, 5.74) is 4.20. The fourth-order valence-electron chi connectivity index (χ4n) is 2.73. The minimum absolute atomic E-state index is 0.0369. The molecule has 3 rings (SSSR count). The predicted molar refractivity (Wildman–Crippen MR) is 104 cm³/mol. The first kappa shape index (κ1) is 19.5. The molecule has 0 bridgehead atoms. The zero-order valence-electron chi connectivity index (χ0n) is 14.0. The lowest BCUT2D eigenvalue weighted by atomic mass is 9.92. The maximum atomic E-state index is 12.3. The van der Waals surface area contributed by atoms with Gasteiger partial charge in [0.05, 0.1) is 24.2 Å². The number of imide groups is 1. The zero-order valence-corrected chi connectivity index (χ0v) is 16.3. The van der Waals surface area contributed by atoms with Gasteiger partial charge in [0.25, 0.3) is 0 Å². The monoisotopic (exact) mass is 422 g/mol. The number of hydrogen-bond acceptors (Lipinski definition) is 4. The molecule has 9 heteroatoms. The van der Waals surface area contributed by atoms with E-state index in [2.05, 4.69) is 11.5 Å². The van der Waals surface area contributed by atoms with Gasteiger partial charge in [-0.05, 0) is 29.8 Å². The zero-order chi connectivity index (χ0) is 19.7. The van der Waals surface area contributed by atoms with E-state index in [1.165, 1.54) is 24.2 Å². The molecule has 0 spiro atoms. The minimum atomic E-state index is -0.703. The number of benzene rings is 2. The van der Waals surface area contributed by atoms with Crippen LogP contribution in [0.3, 0.4) is 0 Å². The summed E-state index contributed by atoms with van der Waals surface area (Å²) in [5.74, 6) is -1.05. The van der Waals surface area contributed by atoms with Crippen LogP contribution in [-0.2, 0) is 4.79 Å². The predicted octanol–water partition coefficient (Wildman–Crippen LogP) is 4.21. The highest BCUT2D eigenvalue weighted by molar-refractivity contribution is 6.37. The van der Waals surface area contributed by atoms with Gasteiger partial charge in [0.2, 0.25) is 5.91 Å². The number of carbonyl (C=O) groups excluding carboxylic acids is 2. The molecular formula is C18H13Cl3N4O2. The van der Waals surface area contributed by atoms with Crippen LogP contribution < -0.4 is 10.4 Å². The fourth-order valence-corrected chi connectivity index (χ4v) is 3.55. The van der Waals surface area contributed by atoms with Crippen molar-refractivity contribution in [1.29, 1.82) is 5.26 Å². The summed E-state index contributed by atoms with van der Waals surface area (Å²) in [5, 5.41) is 11.9. The van der Waals surface area contributed by atoms with Gasteiger partial charge in [0, 0.05) is 27.7 Å². The van der Waals surface area contributed by atoms with E-state index in [0.717, 1.165) is 4.90 Å². The van der Waals surface area contributed by atoms with Crippen molar-refractivity contribution in [3.05, 3.63) is 62.6 Å². The Morgan fingerprint density at radius 1 is 1.11 bits per heavy atom. The lowest BCUT2D eigenvalue weighted by Gasteiger charge is -2.32. The summed E-state index contributed by atoms with van der Waals surface area (Å²) in [6.45, 7) is -0.0369. The van der Waals surface area contributed by atoms with Crippen molar-refractivity contribution in [2.75, 3.05) is 18.6 Å². The molecule has 0 aromatic heterocycles. The van der Waals surface area contributed by atoms with E-state index in [9.17, 15) is 14.9 Å². The Morgan fingerprint density at radius 2 is 1.70 bits per heavy atom. The van der Waals surface area contributed by atoms with Gasteiger partial charge in [-0.3, -0.25) is 9.69 Å². The van der Waals surface area contributed by atoms with Crippen molar-refractivity contribution in [2.45, 2.75) is 5.92 Å². The molecule has 1 aliphatic rings. The number of urea groups is 1. The fraction of sp³-hybridized carbons (Fsp3) is 0.167.